The molecule has 0 bridgehead atoms. The first-order valence-electron chi connectivity index (χ1n) is 7.48. The SMILES string of the molecule is CC(NCC(O)COc1cccc(C(F)(F)F)c1)c1ccccn1. The average Bonchev–Trinajstić information content (AvgIpc) is 2.58. The van der Waals surface area contributed by atoms with Crippen LogP contribution in [0.3, 0.4) is 0 Å². The zero-order valence-electron chi connectivity index (χ0n) is 13.1. The molecule has 1 aromatic heterocycles. The van der Waals surface area contributed by atoms with E-state index >= 15 is 0 Å². The second kappa shape index (κ2) is 8.12. The fraction of sp³-hybridized carbons (Fsp3) is 0.353. The summed E-state index contributed by atoms with van der Waals surface area (Å²) in [6.07, 6.45) is -3.59. The third-order valence-electron chi connectivity index (χ3n) is 3.39. The van der Waals surface area contributed by atoms with Gasteiger partial charge >= 0.3 is 6.18 Å². The highest BCUT2D eigenvalue weighted by atomic mass is 19.4. The van der Waals surface area contributed by atoms with Gasteiger partial charge in [-0.2, -0.15) is 13.2 Å². The van der Waals surface area contributed by atoms with E-state index in [4.69, 9.17) is 4.74 Å². The van der Waals surface area contributed by atoms with Gasteiger partial charge in [0.1, 0.15) is 18.5 Å². The molecule has 2 N–H and O–H groups in total. The van der Waals surface area contributed by atoms with Gasteiger partial charge in [0.15, 0.2) is 0 Å². The molecule has 1 aromatic carbocycles. The number of benzene rings is 1. The minimum absolute atomic E-state index is 0.0607. The van der Waals surface area contributed by atoms with Crippen molar-refractivity contribution >= 4 is 0 Å². The maximum atomic E-state index is 12.6. The molecule has 0 fully saturated rings. The Morgan fingerprint density at radius 3 is 2.67 bits per heavy atom. The van der Waals surface area contributed by atoms with Crippen LogP contribution in [-0.2, 0) is 6.18 Å². The molecule has 24 heavy (non-hydrogen) atoms. The van der Waals surface area contributed by atoms with Crippen LogP contribution < -0.4 is 10.1 Å². The molecule has 0 amide bonds. The number of nitrogens with zero attached hydrogens (tertiary/aromatic N) is 1. The van der Waals surface area contributed by atoms with Crippen molar-refractivity contribution in [1.82, 2.24) is 10.3 Å². The smallest absolute Gasteiger partial charge is 0.416 e. The fourth-order valence-corrected chi connectivity index (χ4v) is 2.06. The first kappa shape index (κ1) is 18.2. The largest absolute Gasteiger partial charge is 0.491 e. The van der Waals surface area contributed by atoms with Crippen molar-refractivity contribution in [3.8, 4) is 5.75 Å². The topological polar surface area (TPSA) is 54.4 Å². The lowest BCUT2D eigenvalue weighted by Gasteiger charge is -2.17. The molecule has 2 unspecified atom stereocenters. The second-order valence-electron chi connectivity index (χ2n) is 5.37. The number of aliphatic hydroxyl groups is 1. The molecule has 0 radical (unpaired) electrons. The molecule has 0 aliphatic heterocycles. The summed E-state index contributed by atoms with van der Waals surface area (Å²) in [4.78, 5) is 4.20. The van der Waals surface area contributed by atoms with Gasteiger partial charge in [0.05, 0.1) is 11.3 Å². The summed E-state index contributed by atoms with van der Waals surface area (Å²) in [6, 6.07) is 10.1. The van der Waals surface area contributed by atoms with Crippen LogP contribution in [0.1, 0.15) is 24.2 Å². The molecule has 0 aliphatic carbocycles. The molecular weight excluding hydrogens is 321 g/mol. The summed E-state index contributed by atoms with van der Waals surface area (Å²) in [5.41, 5.74) is 0.0554. The third-order valence-corrected chi connectivity index (χ3v) is 3.39. The Morgan fingerprint density at radius 1 is 1.21 bits per heavy atom. The lowest BCUT2D eigenvalue weighted by Crippen LogP contribution is -2.33. The summed E-state index contributed by atoms with van der Waals surface area (Å²) in [7, 11) is 0. The summed E-state index contributed by atoms with van der Waals surface area (Å²) in [6.45, 7) is 2.03. The van der Waals surface area contributed by atoms with Crippen molar-refractivity contribution in [3.63, 3.8) is 0 Å². The predicted molar refractivity (Wildman–Crippen MR) is 83.6 cm³/mol. The highest BCUT2D eigenvalue weighted by molar-refractivity contribution is 5.30. The lowest BCUT2D eigenvalue weighted by molar-refractivity contribution is -0.137. The summed E-state index contributed by atoms with van der Waals surface area (Å²) in [5.74, 6) is 0.0710. The number of hydrogen-bond acceptors (Lipinski definition) is 4. The number of hydrogen-bond donors (Lipinski definition) is 2. The molecule has 7 heteroatoms. The van der Waals surface area contributed by atoms with E-state index in [1.165, 1.54) is 12.1 Å². The average molecular weight is 340 g/mol. The van der Waals surface area contributed by atoms with E-state index < -0.39 is 17.8 Å². The maximum Gasteiger partial charge on any atom is 0.416 e. The van der Waals surface area contributed by atoms with Gasteiger partial charge in [0.2, 0.25) is 0 Å². The minimum atomic E-state index is -4.42. The van der Waals surface area contributed by atoms with E-state index in [1.807, 2.05) is 25.1 Å². The Morgan fingerprint density at radius 2 is 2.00 bits per heavy atom. The number of nitrogens with one attached hydrogen (secondary N) is 1. The number of pyridine rings is 1. The van der Waals surface area contributed by atoms with Crippen molar-refractivity contribution in [2.45, 2.75) is 25.2 Å². The van der Waals surface area contributed by atoms with Gasteiger partial charge < -0.3 is 15.2 Å². The number of aliphatic hydroxyl groups excluding tert-OH is 1. The highest BCUT2D eigenvalue weighted by Gasteiger charge is 2.30. The molecular formula is C17H19F3N2O2. The van der Waals surface area contributed by atoms with Gasteiger partial charge in [-0.1, -0.05) is 12.1 Å². The van der Waals surface area contributed by atoms with Crippen molar-refractivity contribution in [1.29, 1.82) is 0 Å². The van der Waals surface area contributed by atoms with E-state index in [1.54, 1.807) is 6.20 Å². The first-order valence-corrected chi connectivity index (χ1v) is 7.48. The Bertz CT molecular complexity index is 635. The van der Waals surface area contributed by atoms with Gasteiger partial charge in [0.25, 0.3) is 0 Å². The predicted octanol–water partition coefficient (Wildman–Crippen LogP) is 3.19. The number of ether oxygens (including phenoxy) is 1. The van der Waals surface area contributed by atoms with Crippen molar-refractivity contribution in [2.75, 3.05) is 13.2 Å². The van der Waals surface area contributed by atoms with E-state index in [2.05, 4.69) is 10.3 Å². The van der Waals surface area contributed by atoms with Crippen LogP contribution in [0.25, 0.3) is 0 Å². The molecule has 0 spiro atoms. The fourth-order valence-electron chi connectivity index (χ4n) is 2.06. The minimum Gasteiger partial charge on any atom is -0.491 e. The summed E-state index contributed by atoms with van der Waals surface area (Å²) in [5, 5.41) is 13.0. The number of alkyl halides is 3. The molecule has 2 atom stereocenters. The normalized spacial score (nSPS) is 14.2. The second-order valence-corrected chi connectivity index (χ2v) is 5.37. The van der Waals surface area contributed by atoms with E-state index in [-0.39, 0.29) is 24.9 Å². The van der Waals surface area contributed by atoms with Gasteiger partial charge in [-0.3, -0.25) is 4.98 Å². The monoisotopic (exact) mass is 340 g/mol. The molecule has 0 saturated heterocycles. The Balaban J connectivity index is 1.80. The molecule has 4 nitrogen and oxygen atoms in total. The first-order chi connectivity index (χ1) is 11.4. The van der Waals surface area contributed by atoms with Crippen molar-refractivity contribution in [3.05, 3.63) is 59.9 Å². The van der Waals surface area contributed by atoms with E-state index in [9.17, 15) is 18.3 Å². The zero-order valence-corrected chi connectivity index (χ0v) is 13.1. The summed E-state index contributed by atoms with van der Waals surface area (Å²) >= 11 is 0. The molecule has 130 valence electrons. The third kappa shape index (κ3) is 5.50. The van der Waals surface area contributed by atoms with Crippen LogP contribution in [-0.4, -0.2) is 29.3 Å². The van der Waals surface area contributed by atoms with Crippen LogP contribution >= 0.6 is 0 Å². The zero-order chi connectivity index (χ0) is 17.6. The number of halogens is 3. The Hall–Kier alpha value is -2.12. The number of aromatic nitrogens is 1. The lowest BCUT2D eigenvalue weighted by atomic mass is 10.2. The molecule has 0 saturated carbocycles. The van der Waals surface area contributed by atoms with Crippen LogP contribution in [0.2, 0.25) is 0 Å². The van der Waals surface area contributed by atoms with E-state index in [0.717, 1.165) is 17.8 Å². The van der Waals surface area contributed by atoms with Crippen LogP contribution in [0.4, 0.5) is 13.2 Å². The van der Waals surface area contributed by atoms with Gasteiger partial charge in [0, 0.05) is 18.8 Å². The Labute approximate surface area is 138 Å². The highest BCUT2D eigenvalue weighted by Crippen LogP contribution is 2.31. The van der Waals surface area contributed by atoms with Crippen LogP contribution in [0.15, 0.2) is 48.7 Å². The summed E-state index contributed by atoms with van der Waals surface area (Å²) < 4.78 is 43.1. The molecule has 2 aromatic rings. The molecule has 1 heterocycles. The molecule has 2 rings (SSSR count). The van der Waals surface area contributed by atoms with Gasteiger partial charge in [-0.25, -0.2) is 0 Å². The number of rotatable bonds is 7. The van der Waals surface area contributed by atoms with Crippen molar-refractivity contribution in [2.24, 2.45) is 0 Å². The van der Waals surface area contributed by atoms with Crippen LogP contribution in [0, 0.1) is 0 Å². The molecule has 0 aliphatic rings. The van der Waals surface area contributed by atoms with E-state index in [0.29, 0.717) is 0 Å². The van der Waals surface area contributed by atoms with Gasteiger partial charge in [-0.15, -0.1) is 0 Å². The standard InChI is InChI=1S/C17H19F3N2O2/c1-12(16-7-2-3-8-21-16)22-10-14(23)11-24-15-6-4-5-13(9-15)17(18,19)20/h2-9,12,14,22-23H,10-11H2,1H3. The van der Waals surface area contributed by atoms with Crippen molar-refractivity contribution < 1.29 is 23.0 Å². The Kier molecular flexibility index (Phi) is 6.16. The quantitative estimate of drug-likeness (QED) is 0.813. The maximum absolute atomic E-state index is 12.6. The van der Waals surface area contributed by atoms with Crippen LogP contribution in [0.5, 0.6) is 5.75 Å². The van der Waals surface area contributed by atoms with Gasteiger partial charge in [-0.05, 0) is 37.3 Å².